The van der Waals surface area contributed by atoms with Crippen molar-refractivity contribution in [2.75, 3.05) is 11.9 Å². The zero-order valence-corrected chi connectivity index (χ0v) is 12.9. The summed E-state index contributed by atoms with van der Waals surface area (Å²) in [6, 6.07) is 4.73. The standard InChI is InChI=1S/C13H13N3O3S2/c1-16-12-3-2-11(4-9(12)5-13(16)17)21(18,19)15-6-10-7-20-8-14-10/h2-4,7-8,15H,5-6H2,1H3. The highest BCUT2D eigenvalue weighted by Gasteiger charge is 2.26. The van der Waals surface area contributed by atoms with Gasteiger partial charge in [0.05, 0.1) is 29.1 Å². The summed E-state index contributed by atoms with van der Waals surface area (Å²) in [5.74, 6) is -0.0324. The molecular weight excluding hydrogens is 310 g/mol. The van der Waals surface area contributed by atoms with Crippen LogP contribution in [0, 0.1) is 0 Å². The van der Waals surface area contributed by atoms with E-state index >= 15 is 0 Å². The summed E-state index contributed by atoms with van der Waals surface area (Å²) in [7, 11) is -1.92. The van der Waals surface area contributed by atoms with Crippen LogP contribution in [0.3, 0.4) is 0 Å². The normalized spacial score (nSPS) is 14.5. The van der Waals surface area contributed by atoms with Crippen LogP contribution in [0.2, 0.25) is 0 Å². The number of benzene rings is 1. The van der Waals surface area contributed by atoms with Crippen molar-refractivity contribution < 1.29 is 13.2 Å². The van der Waals surface area contributed by atoms with E-state index in [2.05, 4.69) is 9.71 Å². The summed E-state index contributed by atoms with van der Waals surface area (Å²) >= 11 is 1.41. The van der Waals surface area contributed by atoms with Gasteiger partial charge in [-0.25, -0.2) is 18.1 Å². The molecule has 110 valence electrons. The maximum atomic E-state index is 12.3. The highest BCUT2D eigenvalue weighted by Crippen LogP contribution is 2.29. The fourth-order valence-electron chi connectivity index (χ4n) is 2.19. The molecule has 1 aromatic carbocycles. The molecule has 0 unspecified atom stereocenters. The van der Waals surface area contributed by atoms with Crippen LogP contribution in [0.15, 0.2) is 34.0 Å². The molecule has 21 heavy (non-hydrogen) atoms. The van der Waals surface area contributed by atoms with Gasteiger partial charge in [0, 0.05) is 18.1 Å². The first-order valence-corrected chi connectivity index (χ1v) is 8.66. The van der Waals surface area contributed by atoms with E-state index in [0.29, 0.717) is 5.69 Å². The van der Waals surface area contributed by atoms with Crippen molar-refractivity contribution in [3.63, 3.8) is 0 Å². The number of thiazole rings is 1. The molecule has 2 aromatic rings. The smallest absolute Gasteiger partial charge is 0.240 e. The molecule has 1 aliphatic heterocycles. The third kappa shape index (κ3) is 2.69. The van der Waals surface area contributed by atoms with Gasteiger partial charge in [0.25, 0.3) is 0 Å². The number of rotatable bonds is 4. The minimum Gasteiger partial charge on any atom is -0.315 e. The van der Waals surface area contributed by atoms with Gasteiger partial charge >= 0.3 is 0 Å². The largest absolute Gasteiger partial charge is 0.315 e. The molecule has 3 rings (SSSR count). The summed E-state index contributed by atoms with van der Waals surface area (Å²) in [4.78, 5) is 17.4. The Morgan fingerprint density at radius 3 is 2.95 bits per heavy atom. The molecule has 1 aliphatic rings. The molecule has 1 N–H and O–H groups in total. The molecule has 0 saturated heterocycles. The quantitative estimate of drug-likeness (QED) is 0.915. The summed E-state index contributed by atoms with van der Waals surface area (Å²) in [6.45, 7) is 0.155. The highest BCUT2D eigenvalue weighted by atomic mass is 32.2. The lowest BCUT2D eigenvalue weighted by molar-refractivity contribution is -0.117. The second kappa shape index (κ2) is 5.21. The maximum Gasteiger partial charge on any atom is 0.240 e. The molecule has 8 heteroatoms. The third-order valence-corrected chi connectivity index (χ3v) is 5.40. The molecule has 1 amide bonds. The molecule has 0 spiro atoms. The number of carbonyl (C=O) groups is 1. The zero-order chi connectivity index (χ0) is 15.0. The SMILES string of the molecule is CN1C(=O)Cc2cc(S(=O)(=O)NCc3cscn3)ccc21. The number of likely N-dealkylation sites (N-methyl/N-ethyl adjacent to an activating group) is 1. The molecule has 0 fully saturated rings. The summed E-state index contributed by atoms with van der Waals surface area (Å²) in [5, 5.41) is 1.79. The summed E-state index contributed by atoms with van der Waals surface area (Å²) < 4.78 is 27.0. The predicted octanol–water partition coefficient (Wildman–Crippen LogP) is 1.14. The van der Waals surface area contributed by atoms with E-state index < -0.39 is 10.0 Å². The Labute approximate surface area is 126 Å². The molecule has 6 nitrogen and oxygen atoms in total. The monoisotopic (exact) mass is 323 g/mol. The summed E-state index contributed by atoms with van der Waals surface area (Å²) in [6.07, 6.45) is 0.237. The topological polar surface area (TPSA) is 79.4 Å². The van der Waals surface area contributed by atoms with Gasteiger partial charge in [-0.3, -0.25) is 4.79 Å². The Hall–Kier alpha value is -1.77. The Balaban J connectivity index is 1.83. The maximum absolute atomic E-state index is 12.3. The van der Waals surface area contributed by atoms with Gasteiger partial charge < -0.3 is 4.90 Å². The number of sulfonamides is 1. The molecule has 0 radical (unpaired) electrons. The van der Waals surface area contributed by atoms with Crippen molar-refractivity contribution >= 4 is 33.0 Å². The lowest BCUT2D eigenvalue weighted by Gasteiger charge is -2.11. The van der Waals surface area contributed by atoms with E-state index in [9.17, 15) is 13.2 Å². The van der Waals surface area contributed by atoms with Crippen LogP contribution in [0.4, 0.5) is 5.69 Å². The summed E-state index contributed by atoms with van der Waals surface area (Å²) in [5.41, 5.74) is 3.83. The second-order valence-corrected chi connectivity index (χ2v) is 7.21. The average molecular weight is 323 g/mol. The Morgan fingerprint density at radius 2 is 2.24 bits per heavy atom. The number of hydrogen-bond donors (Lipinski definition) is 1. The third-order valence-electron chi connectivity index (χ3n) is 3.37. The minimum atomic E-state index is -3.61. The van der Waals surface area contributed by atoms with E-state index in [1.807, 2.05) is 0 Å². The Kier molecular flexibility index (Phi) is 3.52. The van der Waals surface area contributed by atoms with Crippen LogP contribution in [0.1, 0.15) is 11.3 Å². The number of hydrogen-bond acceptors (Lipinski definition) is 5. The number of nitrogens with zero attached hydrogens (tertiary/aromatic N) is 2. The minimum absolute atomic E-state index is 0.0324. The van der Waals surface area contributed by atoms with E-state index in [1.165, 1.54) is 22.3 Å². The second-order valence-electron chi connectivity index (χ2n) is 4.72. The van der Waals surface area contributed by atoms with E-state index in [1.54, 1.807) is 30.1 Å². The van der Waals surface area contributed by atoms with Crippen LogP contribution in [-0.4, -0.2) is 26.4 Å². The van der Waals surface area contributed by atoms with Crippen molar-refractivity contribution in [1.29, 1.82) is 0 Å². The van der Waals surface area contributed by atoms with E-state index in [4.69, 9.17) is 0 Å². The van der Waals surface area contributed by atoms with Gasteiger partial charge in [0.15, 0.2) is 0 Å². The van der Waals surface area contributed by atoms with Crippen molar-refractivity contribution in [2.24, 2.45) is 0 Å². The van der Waals surface area contributed by atoms with Crippen molar-refractivity contribution in [3.8, 4) is 0 Å². The van der Waals surface area contributed by atoms with Gasteiger partial charge in [0.1, 0.15) is 0 Å². The number of aromatic nitrogens is 1. The molecule has 0 bridgehead atoms. The Bertz CT molecular complexity index is 785. The molecular formula is C13H13N3O3S2. The lowest BCUT2D eigenvalue weighted by atomic mass is 10.2. The highest BCUT2D eigenvalue weighted by molar-refractivity contribution is 7.89. The molecule has 0 atom stereocenters. The van der Waals surface area contributed by atoms with Crippen LogP contribution < -0.4 is 9.62 Å². The molecule has 2 heterocycles. The average Bonchev–Trinajstić information content (AvgIpc) is 3.06. The van der Waals surface area contributed by atoms with Gasteiger partial charge in [-0.15, -0.1) is 11.3 Å². The first kappa shape index (κ1) is 14.2. The Morgan fingerprint density at radius 1 is 1.43 bits per heavy atom. The van der Waals surface area contributed by atoms with Gasteiger partial charge in [-0.2, -0.15) is 0 Å². The number of nitrogens with one attached hydrogen (secondary N) is 1. The molecule has 0 saturated carbocycles. The van der Waals surface area contributed by atoms with E-state index in [-0.39, 0.29) is 23.8 Å². The number of amides is 1. The van der Waals surface area contributed by atoms with Gasteiger partial charge in [-0.05, 0) is 23.8 Å². The van der Waals surface area contributed by atoms with Gasteiger partial charge in [-0.1, -0.05) is 0 Å². The fourth-order valence-corrected chi connectivity index (χ4v) is 3.80. The van der Waals surface area contributed by atoms with Crippen molar-refractivity contribution in [1.82, 2.24) is 9.71 Å². The van der Waals surface area contributed by atoms with E-state index in [0.717, 1.165) is 11.3 Å². The molecule has 0 aliphatic carbocycles. The van der Waals surface area contributed by atoms with Crippen molar-refractivity contribution in [2.45, 2.75) is 17.9 Å². The van der Waals surface area contributed by atoms with Gasteiger partial charge in [0.2, 0.25) is 15.9 Å². The number of carbonyl (C=O) groups excluding carboxylic acids is 1. The van der Waals surface area contributed by atoms with Crippen LogP contribution in [0.5, 0.6) is 0 Å². The van der Waals surface area contributed by atoms with Crippen LogP contribution in [-0.2, 0) is 27.8 Å². The number of fused-ring (bicyclic) bond motifs is 1. The first-order chi connectivity index (χ1) is 9.97. The van der Waals surface area contributed by atoms with Crippen molar-refractivity contribution in [3.05, 3.63) is 40.3 Å². The lowest BCUT2D eigenvalue weighted by Crippen LogP contribution is -2.23. The fraction of sp³-hybridized carbons (Fsp3) is 0.231. The van der Waals surface area contributed by atoms with Crippen LogP contribution >= 0.6 is 11.3 Å². The predicted molar refractivity (Wildman–Crippen MR) is 79.7 cm³/mol. The molecule has 1 aromatic heterocycles. The first-order valence-electron chi connectivity index (χ1n) is 6.23. The zero-order valence-electron chi connectivity index (χ0n) is 11.2. The van der Waals surface area contributed by atoms with Crippen LogP contribution in [0.25, 0.3) is 0 Å². The number of anilines is 1.